The summed E-state index contributed by atoms with van der Waals surface area (Å²) in [6.07, 6.45) is 5.85. The van der Waals surface area contributed by atoms with Crippen molar-refractivity contribution in [2.24, 2.45) is 5.41 Å². The SMILES string of the molecule is Cc1ncc(S(=O)(=O)NCC2(CC(=O)O)CCCCC2)s1. The second-order valence-electron chi connectivity index (χ2n) is 5.65. The highest BCUT2D eigenvalue weighted by atomic mass is 32.2. The summed E-state index contributed by atoms with van der Waals surface area (Å²) in [6.45, 7) is 1.93. The van der Waals surface area contributed by atoms with Gasteiger partial charge in [0.2, 0.25) is 0 Å². The minimum absolute atomic E-state index is 0.0111. The van der Waals surface area contributed by atoms with E-state index in [1.54, 1.807) is 6.92 Å². The number of thiazole rings is 1. The van der Waals surface area contributed by atoms with Crippen LogP contribution in [0.25, 0.3) is 0 Å². The molecule has 8 heteroatoms. The Balaban J connectivity index is 2.09. The van der Waals surface area contributed by atoms with Gasteiger partial charge in [0.1, 0.15) is 0 Å². The van der Waals surface area contributed by atoms with Crippen LogP contribution in [-0.4, -0.2) is 31.0 Å². The third kappa shape index (κ3) is 4.24. The van der Waals surface area contributed by atoms with Crippen LogP contribution >= 0.6 is 11.3 Å². The fourth-order valence-electron chi connectivity index (χ4n) is 2.82. The normalized spacial score (nSPS) is 18.5. The van der Waals surface area contributed by atoms with Crippen molar-refractivity contribution in [1.82, 2.24) is 9.71 Å². The Morgan fingerprint density at radius 1 is 1.43 bits per heavy atom. The number of carboxylic acid groups (broad SMARTS) is 1. The maximum absolute atomic E-state index is 12.2. The van der Waals surface area contributed by atoms with Crippen molar-refractivity contribution in [3.8, 4) is 0 Å². The molecule has 2 N–H and O–H groups in total. The maximum atomic E-state index is 12.2. The van der Waals surface area contributed by atoms with Crippen LogP contribution in [0.15, 0.2) is 10.4 Å². The van der Waals surface area contributed by atoms with Gasteiger partial charge in [0.05, 0.1) is 17.6 Å². The Hall–Kier alpha value is -0.990. The van der Waals surface area contributed by atoms with Gasteiger partial charge in [0.25, 0.3) is 10.0 Å². The minimum Gasteiger partial charge on any atom is -0.481 e. The number of aliphatic carboxylic acids is 1. The zero-order valence-corrected chi connectivity index (χ0v) is 13.6. The lowest BCUT2D eigenvalue weighted by atomic mass is 9.72. The molecule has 1 aliphatic rings. The first-order valence-corrected chi connectivity index (χ1v) is 9.27. The molecule has 0 bridgehead atoms. The number of aryl methyl sites for hydroxylation is 1. The Morgan fingerprint density at radius 2 is 2.10 bits per heavy atom. The van der Waals surface area contributed by atoms with Gasteiger partial charge in [-0.2, -0.15) is 0 Å². The molecule has 1 aromatic heterocycles. The monoisotopic (exact) mass is 332 g/mol. The van der Waals surface area contributed by atoms with Crippen molar-refractivity contribution in [2.45, 2.75) is 49.7 Å². The maximum Gasteiger partial charge on any atom is 0.303 e. The number of aromatic nitrogens is 1. The van der Waals surface area contributed by atoms with E-state index in [1.807, 2.05) is 0 Å². The van der Waals surface area contributed by atoms with Crippen LogP contribution in [0.5, 0.6) is 0 Å². The smallest absolute Gasteiger partial charge is 0.303 e. The topological polar surface area (TPSA) is 96.4 Å². The largest absolute Gasteiger partial charge is 0.481 e. The predicted octanol–water partition coefficient (Wildman–Crippen LogP) is 2.16. The van der Waals surface area contributed by atoms with Gasteiger partial charge < -0.3 is 5.11 Å². The molecule has 1 fully saturated rings. The number of hydrogen-bond donors (Lipinski definition) is 2. The molecule has 0 unspecified atom stereocenters. The Kier molecular flexibility index (Phi) is 5.00. The quantitative estimate of drug-likeness (QED) is 0.832. The number of nitrogens with one attached hydrogen (secondary N) is 1. The summed E-state index contributed by atoms with van der Waals surface area (Å²) in [6, 6.07) is 0. The molecule has 0 aliphatic heterocycles. The number of carboxylic acids is 1. The van der Waals surface area contributed by atoms with E-state index >= 15 is 0 Å². The third-order valence-corrected chi connectivity index (χ3v) is 6.72. The molecule has 1 aliphatic carbocycles. The van der Waals surface area contributed by atoms with Gasteiger partial charge in [-0.3, -0.25) is 4.79 Å². The van der Waals surface area contributed by atoms with E-state index < -0.39 is 21.4 Å². The molecular formula is C13H20N2O4S2. The fourth-order valence-corrected chi connectivity index (χ4v) is 5.13. The number of sulfonamides is 1. The van der Waals surface area contributed by atoms with Gasteiger partial charge in [0.15, 0.2) is 4.21 Å². The van der Waals surface area contributed by atoms with Crippen molar-refractivity contribution >= 4 is 27.3 Å². The van der Waals surface area contributed by atoms with E-state index in [0.717, 1.165) is 43.4 Å². The number of hydrogen-bond acceptors (Lipinski definition) is 5. The number of nitrogens with zero attached hydrogens (tertiary/aromatic N) is 1. The molecule has 118 valence electrons. The lowest BCUT2D eigenvalue weighted by molar-refractivity contribution is -0.140. The highest BCUT2D eigenvalue weighted by molar-refractivity contribution is 7.91. The molecule has 0 atom stereocenters. The van der Waals surface area contributed by atoms with Crippen LogP contribution in [-0.2, 0) is 14.8 Å². The standard InChI is InChI=1S/C13H20N2O4S2/c1-10-14-8-12(20-10)21(18,19)15-9-13(7-11(16)17)5-3-2-4-6-13/h8,15H,2-7,9H2,1H3,(H,16,17). The lowest BCUT2D eigenvalue weighted by Crippen LogP contribution is -2.40. The van der Waals surface area contributed by atoms with Gasteiger partial charge in [-0.1, -0.05) is 19.3 Å². The first-order valence-electron chi connectivity index (χ1n) is 6.97. The average molecular weight is 332 g/mol. The van der Waals surface area contributed by atoms with Crippen molar-refractivity contribution in [3.63, 3.8) is 0 Å². The van der Waals surface area contributed by atoms with Crippen LogP contribution < -0.4 is 4.72 Å². The molecule has 2 rings (SSSR count). The Labute approximate surface area is 128 Å². The zero-order valence-electron chi connectivity index (χ0n) is 12.0. The molecule has 21 heavy (non-hydrogen) atoms. The number of rotatable bonds is 6. The van der Waals surface area contributed by atoms with Gasteiger partial charge >= 0.3 is 5.97 Å². The van der Waals surface area contributed by atoms with Crippen LogP contribution in [0.3, 0.4) is 0 Å². The Bertz CT molecular complexity index is 603. The van der Waals surface area contributed by atoms with Gasteiger partial charge in [-0.15, -0.1) is 11.3 Å². The lowest BCUT2D eigenvalue weighted by Gasteiger charge is -2.36. The highest BCUT2D eigenvalue weighted by Crippen LogP contribution is 2.39. The molecule has 0 amide bonds. The van der Waals surface area contributed by atoms with Crippen molar-refractivity contribution in [3.05, 3.63) is 11.2 Å². The van der Waals surface area contributed by atoms with Crippen LogP contribution in [0.4, 0.5) is 0 Å². The fraction of sp³-hybridized carbons (Fsp3) is 0.692. The second-order valence-corrected chi connectivity index (χ2v) is 8.88. The van der Waals surface area contributed by atoms with E-state index in [9.17, 15) is 13.2 Å². The van der Waals surface area contributed by atoms with E-state index in [0.29, 0.717) is 5.01 Å². The average Bonchev–Trinajstić information content (AvgIpc) is 2.85. The molecular weight excluding hydrogens is 312 g/mol. The summed E-state index contributed by atoms with van der Waals surface area (Å²) in [5.74, 6) is -0.871. The molecule has 1 aromatic rings. The minimum atomic E-state index is -3.60. The molecule has 1 saturated carbocycles. The Morgan fingerprint density at radius 3 is 2.62 bits per heavy atom. The molecule has 0 aromatic carbocycles. The number of carbonyl (C=O) groups is 1. The summed E-state index contributed by atoms with van der Waals surface area (Å²) in [7, 11) is -3.60. The molecule has 0 radical (unpaired) electrons. The summed E-state index contributed by atoms with van der Waals surface area (Å²) in [4.78, 5) is 15.0. The third-order valence-electron chi connectivity index (χ3n) is 3.94. The van der Waals surface area contributed by atoms with Crippen LogP contribution in [0, 0.1) is 12.3 Å². The van der Waals surface area contributed by atoms with E-state index in [2.05, 4.69) is 9.71 Å². The molecule has 0 saturated heterocycles. The van der Waals surface area contributed by atoms with Gasteiger partial charge in [0, 0.05) is 6.54 Å². The summed E-state index contributed by atoms with van der Waals surface area (Å²) in [5, 5.41) is 9.78. The first kappa shape index (κ1) is 16.4. The van der Waals surface area contributed by atoms with E-state index in [-0.39, 0.29) is 17.2 Å². The van der Waals surface area contributed by atoms with Gasteiger partial charge in [-0.05, 0) is 25.2 Å². The highest BCUT2D eigenvalue weighted by Gasteiger charge is 2.35. The van der Waals surface area contributed by atoms with E-state index in [1.165, 1.54) is 6.20 Å². The molecule has 6 nitrogen and oxygen atoms in total. The van der Waals surface area contributed by atoms with E-state index in [4.69, 9.17) is 5.11 Å². The van der Waals surface area contributed by atoms with Crippen molar-refractivity contribution in [1.29, 1.82) is 0 Å². The first-order chi connectivity index (χ1) is 9.83. The molecule has 1 heterocycles. The van der Waals surface area contributed by atoms with Crippen LogP contribution in [0.2, 0.25) is 0 Å². The van der Waals surface area contributed by atoms with Crippen molar-refractivity contribution < 1.29 is 18.3 Å². The van der Waals surface area contributed by atoms with Crippen LogP contribution in [0.1, 0.15) is 43.5 Å². The zero-order chi connectivity index (χ0) is 15.5. The predicted molar refractivity (Wildman–Crippen MR) is 79.8 cm³/mol. The summed E-state index contributed by atoms with van der Waals surface area (Å²) in [5.41, 5.74) is -0.461. The van der Waals surface area contributed by atoms with Gasteiger partial charge in [-0.25, -0.2) is 18.1 Å². The summed E-state index contributed by atoms with van der Waals surface area (Å²) < 4.78 is 27.2. The summed E-state index contributed by atoms with van der Waals surface area (Å²) >= 11 is 1.12. The molecule has 0 spiro atoms. The second kappa shape index (κ2) is 6.41. The van der Waals surface area contributed by atoms with Crippen molar-refractivity contribution in [2.75, 3.05) is 6.54 Å².